The summed E-state index contributed by atoms with van der Waals surface area (Å²) in [6, 6.07) is 5.99. The molecule has 6 heterocycles. The van der Waals surface area contributed by atoms with E-state index in [-0.39, 0.29) is 93.8 Å². The average molecular weight is 683 g/mol. The van der Waals surface area contributed by atoms with Gasteiger partial charge in [-0.1, -0.05) is 13.0 Å². The number of halogens is 4. The van der Waals surface area contributed by atoms with Crippen LogP contribution in [0.3, 0.4) is 0 Å². The zero-order valence-corrected chi connectivity index (χ0v) is 27.1. The molecular formula is C35H38F4N6O4. The van der Waals surface area contributed by atoms with Gasteiger partial charge in [-0.15, -0.1) is 0 Å². The molecule has 49 heavy (non-hydrogen) atoms. The first-order valence-electron chi connectivity index (χ1n) is 17.0. The van der Waals surface area contributed by atoms with E-state index >= 15 is 17.6 Å². The Morgan fingerprint density at radius 3 is 2.57 bits per heavy atom. The Bertz CT molecular complexity index is 2010. The van der Waals surface area contributed by atoms with Crippen LogP contribution in [0, 0.1) is 5.82 Å². The predicted molar refractivity (Wildman–Crippen MR) is 175 cm³/mol. The minimum absolute atomic E-state index is 0.0264. The van der Waals surface area contributed by atoms with Crippen molar-refractivity contribution in [2.45, 2.75) is 81.7 Å². The van der Waals surface area contributed by atoms with E-state index in [1.807, 2.05) is 4.90 Å². The van der Waals surface area contributed by atoms with Crippen molar-refractivity contribution in [2.75, 3.05) is 37.7 Å². The minimum atomic E-state index is -5.02. The number of aliphatic hydroxyl groups excluding tert-OH is 1. The molecule has 0 spiro atoms. The molecule has 14 heteroatoms. The smallest absolute Gasteiger partial charge is 0.431 e. The van der Waals surface area contributed by atoms with Crippen LogP contribution in [0.1, 0.15) is 56.7 Å². The molecule has 4 aliphatic rings. The number of hydrogen-bond donors (Lipinski definition) is 3. The lowest BCUT2D eigenvalue weighted by molar-refractivity contribution is -0.142. The summed E-state index contributed by atoms with van der Waals surface area (Å²) in [5, 5.41) is 24.4. The van der Waals surface area contributed by atoms with Gasteiger partial charge in [0.2, 0.25) is 0 Å². The van der Waals surface area contributed by atoms with Gasteiger partial charge in [0.15, 0.2) is 0 Å². The Balaban J connectivity index is 1.35. The molecule has 2 aromatic heterocycles. The lowest BCUT2D eigenvalue weighted by Gasteiger charge is -2.35. The van der Waals surface area contributed by atoms with E-state index in [1.165, 1.54) is 18.2 Å². The van der Waals surface area contributed by atoms with Gasteiger partial charge < -0.3 is 25.2 Å². The second-order valence-corrected chi connectivity index (χ2v) is 13.9. The van der Waals surface area contributed by atoms with Crippen LogP contribution in [0.4, 0.5) is 23.4 Å². The average Bonchev–Trinajstić information content (AvgIpc) is 3.75. The quantitative estimate of drug-likeness (QED) is 0.239. The van der Waals surface area contributed by atoms with Gasteiger partial charge >= 0.3 is 12.2 Å². The molecular weight excluding hydrogens is 644 g/mol. The van der Waals surface area contributed by atoms with Crippen LogP contribution in [0.15, 0.2) is 35.1 Å². The van der Waals surface area contributed by atoms with E-state index in [0.29, 0.717) is 17.7 Å². The van der Waals surface area contributed by atoms with Crippen molar-refractivity contribution in [2.24, 2.45) is 0 Å². The van der Waals surface area contributed by atoms with E-state index in [0.717, 1.165) is 57.2 Å². The number of nitrogens with zero attached hydrogens (tertiary/aromatic N) is 5. The van der Waals surface area contributed by atoms with E-state index in [4.69, 9.17) is 9.72 Å². The number of fused-ring (bicyclic) bond motifs is 5. The van der Waals surface area contributed by atoms with Crippen molar-refractivity contribution in [3.63, 3.8) is 0 Å². The Morgan fingerprint density at radius 1 is 1.08 bits per heavy atom. The molecule has 0 aliphatic carbocycles. The number of hydrogen-bond acceptors (Lipinski definition) is 9. The molecule has 3 N–H and O–H groups in total. The van der Waals surface area contributed by atoms with Gasteiger partial charge in [-0.25, -0.2) is 4.39 Å². The number of nitrogens with one attached hydrogen (secondary N) is 1. The van der Waals surface area contributed by atoms with Crippen molar-refractivity contribution in [3.8, 4) is 17.4 Å². The predicted octanol–water partition coefficient (Wildman–Crippen LogP) is 4.67. The normalized spacial score (nSPS) is 25.5. The second-order valence-electron chi connectivity index (χ2n) is 13.9. The first-order valence-corrected chi connectivity index (χ1v) is 17.0. The SMILES string of the molecule is CCc1c(F)ccc2cc(O)cc(-n3c(C(F)(F)F)cc4c(N5C[C@H]6CC[C@@H](C5)N6)nc(OC[C@]56CCCN5[C@@H](CO)CC6)nc4c3=O)c12. The molecule has 4 atom stereocenters. The monoisotopic (exact) mass is 682 g/mol. The zero-order valence-electron chi connectivity index (χ0n) is 27.1. The molecule has 4 aliphatic heterocycles. The van der Waals surface area contributed by atoms with Gasteiger partial charge in [0.05, 0.1) is 23.2 Å². The Labute approximate surface area is 279 Å². The van der Waals surface area contributed by atoms with Crippen molar-refractivity contribution in [3.05, 3.63) is 57.8 Å². The highest BCUT2D eigenvalue weighted by Crippen LogP contribution is 2.43. The molecule has 8 rings (SSSR count). The molecule has 10 nitrogen and oxygen atoms in total. The van der Waals surface area contributed by atoms with Crippen molar-refractivity contribution >= 4 is 27.5 Å². The van der Waals surface area contributed by atoms with E-state index in [9.17, 15) is 15.0 Å². The largest absolute Gasteiger partial charge is 0.508 e. The Kier molecular flexibility index (Phi) is 7.76. The number of pyridine rings is 1. The van der Waals surface area contributed by atoms with Gasteiger partial charge in [-0.05, 0) is 80.6 Å². The van der Waals surface area contributed by atoms with Gasteiger partial charge in [0, 0.05) is 42.7 Å². The number of aliphatic hydroxyl groups is 1. The van der Waals surface area contributed by atoms with Crippen LogP contribution < -0.4 is 20.5 Å². The maximum Gasteiger partial charge on any atom is 0.431 e. The highest BCUT2D eigenvalue weighted by Gasteiger charge is 2.49. The number of aromatic hydroxyl groups is 1. The second kappa shape index (κ2) is 11.8. The van der Waals surface area contributed by atoms with Gasteiger partial charge in [-0.3, -0.25) is 14.3 Å². The first-order chi connectivity index (χ1) is 23.5. The lowest BCUT2D eigenvalue weighted by Crippen LogP contribution is -2.51. The molecule has 0 amide bonds. The van der Waals surface area contributed by atoms with Crippen molar-refractivity contribution in [1.29, 1.82) is 0 Å². The summed E-state index contributed by atoms with van der Waals surface area (Å²) in [6.45, 7) is 3.71. The number of phenolic OH excluding ortho intramolecular Hbond substituents is 1. The number of phenols is 1. The van der Waals surface area contributed by atoms with E-state index < -0.39 is 23.2 Å². The van der Waals surface area contributed by atoms with E-state index in [1.54, 1.807) is 6.92 Å². The highest BCUT2D eigenvalue weighted by molar-refractivity contribution is 5.96. The van der Waals surface area contributed by atoms with Gasteiger partial charge in [0.25, 0.3) is 5.56 Å². The molecule has 4 saturated heterocycles. The fourth-order valence-corrected chi connectivity index (χ4v) is 8.88. The van der Waals surface area contributed by atoms with Crippen LogP contribution in [-0.4, -0.2) is 86.2 Å². The molecule has 0 unspecified atom stereocenters. The van der Waals surface area contributed by atoms with Crippen LogP contribution in [0.2, 0.25) is 0 Å². The Morgan fingerprint density at radius 2 is 1.86 bits per heavy atom. The number of anilines is 1. The number of piperazine rings is 1. The summed E-state index contributed by atoms with van der Waals surface area (Å²) in [7, 11) is 0. The van der Waals surface area contributed by atoms with Crippen molar-refractivity contribution in [1.82, 2.24) is 24.8 Å². The molecule has 4 fully saturated rings. The third-order valence-electron chi connectivity index (χ3n) is 11.1. The summed E-state index contributed by atoms with van der Waals surface area (Å²) >= 11 is 0. The van der Waals surface area contributed by atoms with Gasteiger partial charge in [-0.2, -0.15) is 23.1 Å². The van der Waals surface area contributed by atoms with Crippen LogP contribution >= 0.6 is 0 Å². The number of ether oxygens (including phenoxy) is 1. The summed E-state index contributed by atoms with van der Waals surface area (Å²) in [4.78, 5) is 27.9. The number of aryl methyl sites for hydroxylation is 1. The standard InChI is InChI=1S/C35H38F4N6O4/c1-2-24-26(36)7-4-19-12-23(47)13-27(29(19)24)45-28(35(37,38)39)14-25-30(32(45)48)41-33(42-31(25)43-15-20-5-6-21(16-43)40-20)49-18-34-9-3-11-44(34)22(17-46)8-10-34/h4,7,12-14,20-22,40,46-47H,2-3,5-6,8-11,15-18H2,1H3/t20-,21+,22-,34-/m1/s1. The first kappa shape index (κ1) is 32.2. The van der Waals surface area contributed by atoms with Crippen LogP contribution in [0.5, 0.6) is 11.8 Å². The molecule has 2 aromatic carbocycles. The van der Waals surface area contributed by atoms with Gasteiger partial charge in [0.1, 0.15) is 35.2 Å². The zero-order chi connectivity index (χ0) is 34.2. The van der Waals surface area contributed by atoms with E-state index in [2.05, 4.69) is 15.2 Å². The highest BCUT2D eigenvalue weighted by atomic mass is 19.4. The fraction of sp³-hybridized carbons (Fsp3) is 0.514. The topological polar surface area (TPSA) is 116 Å². The fourth-order valence-electron chi connectivity index (χ4n) is 8.88. The molecule has 4 aromatic rings. The Hall–Kier alpha value is -4.01. The molecule has 2 bridgehead atoms. The number of aromatic nitrogens is 3. The van der Waals surface area contributed by atoms with Crippen molar-refractivity contribution < 1.29 is 32.5 Å². The summed E-state index contributed by atoms with van der Waals surface area (Å²) < 4.78 is 67.1. The summed E-state index contributed by atoms with van der Waals surface area (Å²) in [5.74, 6) is -0.818. The summed E-state index contributed by atoms with van der Waals surface area (Å²) in [6.07, 6.45) is 0.370. The third-order valence-corrected chi connectivity index (χ3v) is 11.1. The number of rotatable bonds is 7. The molecule has 0 saturated carbocycles. The van der Waals surface area contributed by atoms with Crippen LogP contribution in [0.25, 0.3) is 27.4 Å². The molecule has 260 valence electrons. The molecule has 0 radical (unpaired) electrons. The maximum atomic E-state index is 15.1. The maximum absolute atomic E-state index is 15.1. The third kappa shape index (κ3) is 5.30. The minimum Gasteiger partial charge on any atom is -0.508 e. The number of benzene rings is 2. The lowest BCUT2D eigenvalue weighted by atomic mass is 9.95. The summed E-state index contributed by atoms with van der Waals surface area (Å²) in [5.41, 5.74) is -3.16. The number of alkyl halides is 3. The van der Waals surface area contributed by atoms with Crippen LogP contribution in [-0.2, 0) is 12.6 Å².